The highest BCUT2D eigenvalue weighted by Gasteiger charge is 2.45. The van der Waals surface area contributed by atoms with Crippen LogP contribution in [0.15, 0.2) is 60.7 Å². The van der Waals surface area contributed by atoms with E-state index in [1.807, 2.05) is 6.07 Å². The average molecular weight is 322 g/mol. The predicted molar refractivity (Wildman–Crippen MR) is 86.1 cm³/mol. The number of hydrogen-bond acceptors (Lipinski definition) is 4. The minimum absolute atomic E-state index is 0.0541. The maximum atomic E-state index is 12.6. The molecule has 24 heavy (non-hydrogen) atoms. The first-order valence-electron chi connectivity index (χ1n) is 7.38. The zero-order chi connectivity index (χ0) is 17.1. The number of anilines is 1. The molecule has 0 aromatic heterocycles. The van der Waals surface area contributed by atoms with Crippen LogP contribution >= 0.6 is 0 Å². The Hall–Kier alpha value is -3.28. The highest BCUT2D eigenvalue weighted by atomic mass is 16.2. The van der Waals surface area contributed by atoms with Crippen LogP contribution in [0.3, 0.4) is 0 Å². The lowest BCUT2D eigenvalue weighted by molar-refractivity contribution is -0.140. The smallest absolute Gasteiger partial charge is 0.298 e. The van der Waals surface area contributed by atoms with Gasteiger partial charge in [0.05, 0.1) is 5.69 Å². The van der Waals surface area contributed by atoms with Crippen LogP contribution in [0.1, 0.15) is 5.56 Å². The van der Waals surface area contributed by atoms with Gasteiger partial charge in [-0.15, -0.1) is 0 Å². The number of carbonyl (C=O) groups excluding carboxylic acids is 4. The molecule has 0 radical (unpaired) electrons. The summed E-state index contributed by atoms with van der Waals surface area (Å²) in [4.78, 5) is 49.9. The van der Waals surface area contributed by atoms with Crippen molar-refractivity contribution < 1.29 is 19.2 Å². The molecule has 1 fully saturated rings. The summed E-state index contributed by atoms with van der Waals surface area (Å²) in [7, 11) is 0. The topological polar surface area (TPSA) is 83.6 Å². The van der Waals surface area contributed by atoms with Gasteiger partial charge in [-0.1, -0.05) is 48.5 Å². The van der Waals surface area contributed by atoms with Crippen molar-refractivity contribution in [3.8, 4) is 0 Å². The molecule has 6 heteroatoms. The summed E-state index contributed by atoms with van der Waals surface area (Å²) < 4.78 is 0. The number of nitrogens with one attached hydrogen (secondary N) is 1. The lowest BCUT2D eigenvalue weighted by Gasteiger charge is -2.29. The molecule has 1 saturated heterocycles. The van der Waals surface area contributed by atoms with E-state index in [2.05, 4.69) is 5.32 Å². The molecule has 0 bridgehead atoms. The third-order valence-corrected chi connectivity index (χ3v) is 3.72. The minimum atomic E-state index is -1.52. The van der Waals surface area contributed by atoms with Gasteiger partial charge in [0, 0.05) is 6.42 Å². The van der Waals surface area contributed by atoms with Crippen LogP contribution in [0.5, 0.6) is 0 Å². The maximum absolute atomic E-state index is 12.6. The molecule has 1 aliphatic rings. The number of ketones is 1. The summed E-state index contributed by atoms with van der Waals surface area (Å²) in [5.41, 5.74) is 1.01. The minimum Gasteiger partial charge on any atom is -0.298 e. The first-order chi connectivity index (χ1) is 11.6. The van der Waals surface area contributed by atoms with Crippen LogP contribution < -0.4 is 10.2 Å². The first kappa shape index (κ1) is 15.6. The van der Waals surface area contributed by atoms with E-state index >= 15 is 0 Å². The number of Topliss-reactive ketones (excluding diaryl/α,β-unsaturated/α-hetero) is 1. The van der Waals surface area contributed by atoms with Crippen molar-refractivity contribution >= 4 is 29.3 Å². The molecule has 4 amide bonds. The van der Waals surface area contributed by atoms with Gasteiger partial charge in [0.1, 0.15) is 0 Å². The molecule has 2 aromatic rings. The lowest BCUT2D eigenvalue weighted by Crippen LogP contribution is -2.60. The Kier molecular flexibility index (Phi) is 4.20. The van der Waals surface area contributed by atoms with Crippen LogP contribution in [0.4, 0.5) is 10.5 Å². The SMILES string of the molecule is O=C(Cc1ccccc1)C1C(=O)NC(=O)N(c2ccccc2)C1=O. The Morgan fingerprint density at radius 2 is 1.50 bits per heavy atom. The van der Waals surface area contributed by atoms with Crippen molar-refractivity contribution in [1.82, 2.24) is 5.32 Å². The zero-order valence-corrected chi connectivity index (χ0v) is 12.6. The van der Waals surface area contributed by atoms with Gasteiger partial charge in [0.15, 0.2) is 11.7 Å². The Bertz CT molecular complexity index is 802. The van der Waals surface area contributed by atoms with E-state index in [0.29, 0.717) is 11.3 Å². The second-order valence-electron chi connectivity index (χ2n) is 5.37. The summed E-state index contributed by atoms with van der Waals surface area (Å²) in [6.07, 6.45) is -0.0541. The quantitative estimate of drug-likeness (QED) is 0.868. The second-order valence-corrected chi connectivity index (χ2v) is 5.37. The summed E-state index contributed by atoms with van der Waals surface area (Å²) in [5, 5.41) is 2.08. The molecular formula is C18H14N2O4. The fraction of sp³-hybridized carbons (Fsp3) is 0.111. The highest BCUT2D eigenvalue weighted by molar-refractivity contribution is 6.34. The Morgan fingerprint density at radius 3 is 2.12 bits per heavy atom. The molecule has 1 aliphatic heterocycles. The van der Waals surface area contributed by atoms with E-state index in [9.17, 15) is 19.2 Å². The number of benzene rings is 2. The highest BCUT2D eigenvalue weighted by Crippen LogP contribution is 2.21. The molecule has 6 nitrogen and oxygen atoms in total. The van der Waals surface area contributed by atoms with E-state index in [1.165, 1.54) is 0 Å². The third-order valence-electron chi connectivity index (χ3n) is 3.72. The molecule has 120 valence electrons. The Balaban J connectivity index is 1.87. The normalized spacial score (nSPS) is 17.6. The van der Waals surface area contributed by atoms with E-state index in [1.54, 1.807) is 54.6 Å². The molecule has 0 spiro atoms. The number of hydrogen-bond donors (Lipinski definition) is 1. The summed E-state index contributed by atoms with van der Waals surface area (Å²) in [6.45, 7) is 0. The molecule has 0 aliphatic carbocycles. The standard InChI is InChI=1S/C18H14N2O4/c21-14(11-12-7-3-1-4-8-12)15-16(22)19-18(24)20(17(15)23)13-9-5-2-6-10-13/h1-10,15H,11H2,(H,19,22,24). The molecule has 1 atom stereocenters. The molecule has 0 saturated carbocycles. The number of nitrogens with zero attached hydrogens (tertiary/aromatic N) is 1. The van der Waals surface area contributed by atoms with Gasteiger partial charge in [0.2, 0.25) is 5.91 Å². The monoisotopic (exact) mass is 322 g/mol. The fourth-order valence-corrected chi connectivity index (χ4v) is 2.58. The van der Waals surface area contributed by atoms with Crippen LogP contribution in [0.2, 0.25) is 0 Å². The van der Waals surface area contributed by atoms with Gasteiger partial charge in [0.25, 0.3) is 5.91 Å². The summed E-state index contributed by atoms with van der Waals surface area (Å²) >= 11 is 0. The van der Waals surface area contributed by atoms with Gasteiger partial charge in [-0.25, -0.2) is 9.69 Å². The molecule has 1 heterocycles. The van der Waals surface area contributed by atoms with Crippen LogP contribution in [-0.2, 0) is 20.8 Å². The summed E-state index contributed by atoms with van der Waals surface area (Å²) in [6, 6.07) is 16.2. The number of carbonyl (C=O) groups is 4. The lowest BCUT2D eigenvalue weighted by atomic mass is 9.94. The third kappa shape index (κ3) is 2.94. The van der Waals surface area contributed by atoms with E-state index < -0.39 is 29.5 Å². The number of barbiturate groups is 1. The molecule has 3 rings (SSSR count). The van der Waals surface area contributed by atoms with Crippen molar-refractivity contribution in [3.05, 3.63) is 66.2 Å². The predicted octanol–water partition coefficient (Wildman–Crippen LogP) is 1.70. The number of imide groups is 2. The summed E-state index contributed by atoms with van der Waals surface area (Å²) in [5.74, 6) is -3.77. The van der Waals surface area contributed by atoms with Crippen molar-refractivity contribution in [1.29, 1.82) is 0 Å². The van der Waals surface area contributed by atoms with E-state index in [0.717, 1.165) is 4.90 Å². The van der Waals surface area contributed by atoms with Crippen LogP contribution in [-0.4, -0.2) is 23.6 Å². The number of para-hydroxylation sites is 1. The molecule has 1 N–H and O–H groups in total. The van der Waals surface area contributed by atoms with Gasteiger partial charge in [-0.2, -0.15) is 0 Å². The Labute approximate surface area is 138 Å². The van der Waals surface area contributed by atoms with Gasteiger partial charge >= 0.3 is 6.03 Å². The van der Waals surface area contributed by atoms with Crippen LogP contribution in [0, 0.1) is 5.92 Å². The van der Waals surface area contributed by atoms with E-state index in [4.69, 9.17) is 0 Å². The number of amides is 4. The van der Waals surface area contributed by atoms with Crippen LogP contribution in [0.25, 0.3) is 0 Å². The van der Waals surface area contributed by atoms with Gasteiger partial charge in [-0.3, -0.25) is 19.7 Å². The fourth-order valence-electron chi connectivity index (χ4n) is 2.58. The Morgan fingerprint density at radius 1 is 0.917 bits per heavy atom. The molecule has 1 unspecified atom stereocenters. The van der Waals surface area contributed by atoms with E-state index in [-0.39, 0.29) is 6.42 Å². The number of urea groups is 1. The van der Waals surface area contributed by atoms with Crippen molar-refractivity contribution in [2.24, 2.45) is 5.92 Å². The maximum Gasteiger partial charge on any atom is 0.335 e. The van der Waals surface area contributed by atoms with Crippen molar-refractivity contribution in [2.75, 3.05) is 4.90 Å². The largest absolute Gasteiger partial charge is 0.335 e. The van der Waals surface area contributed by atoms with Gasteiger partial charge < -0.3 is 0 Å². The second kappa shape index (κ2) is 6.45. The zero-order valence-electron chi connectivity index (χ0n) is 12.6. The average Bonchev–Trinajstić information content (AvgIpc) is 2.56. The van der Waals surface area contributed by atoms with Crippen molar-refractivity contribution in [2.45, 2.75) is 6.42 Å². The van der Waals surface area contributed by atoms with Gasteiger partial charge in [-0.05, 0) is 17.7 Å². The molecule has 2 aromatic carbocycles. The first-order valence-corrected chi connectivity index (χ1v) is 7.38. The molecular weight excluding hydrogens is 308 g/mol. The van der Waals surface area contributed by atoms with Crippen molar-refractivity contribution in [3.63, 3.8) is 0 Å². The number of rotatable bonds is 4.